The third kappa shape index (κ3) is 3.73. The third-order valence-electron chi connectivity index (χ3n) is 2.49. The van der Waals surface area contributed by atoms with Gasteiger partial charge in [-0.25, -0.2) is 4.98 Å². The highest BCUT2D eigenvalue weighted by Crippen LogP contribution is 2.01. The lowest BCUT2D eigenvalue weighted by Gasteiger charge is -2.16. The summed E-state index contributed by atoms with van der Waals surface area (Å²) < 4.78 is 1.96. The number of carbonyl (C=O) groups is 1. The Balaban J connectivity index is 2.36. The topological polar surface area (TPSA) is 46.9 Å². The summed E-state index contributed by atoms with van der Waals surface area (Å²) in [6.45, 7) is 6.73. The number of amides is 1. The minimum absolute atomic E-state index is 0.0928. The molecule has 1 rings (SSSR count). The summed E-state index contributed by atoms with van der Waals surface area (Å²) >= 11 is 0. The minimum Gasteiger partial charge on any atom is -0.352 e. The van der Waals surface area contributed by atoms with Gasteiger partial charge in [-0.3, -0.25) is 4.79 Å². The Hall–Kier alpha value is -1.32. The fourth-order valence-electron chi connectivity index (χ4n) is 1.33. The molecule has 0 aliphatic carbocycles. The number of aromatic nitrogens is 2. The average molecular weight is 209 g/mol. The second kappa shape index (κ2) is 5.53. The highest BCUT2D eigenvalue weighted by molar-refractivity contribution is 5.78. The largest absolute Gasteiger partial charge is 0.352 e. The molecule has 1 aromatic rings. The summed E-state index contributed by atoms with van der Waals surface area (Å²) in [7, 11) is 0. The number of hydrogen-bond acceptors (Lipinski definition) is 2. The van der Waals surface area contributed by atoms with Crippen LogP contribution < -0.4 is 5.32 Å². The van der Waals surface area contributed by atoms with Gasteiger partial charge < -0.3 is 9.88 Å². The van der Waals surface area contributed by atoms with Gasteiger partial charge in [0, 0.05) is 30.9 Å². The van der Waals surface area contributed by atoms with Crippen molar-refractivity contribution < 1.29 is 4.79 Å². The first kappa shape index (κ1) is 11.8. The van der Waals surface area contributed by atoms with Crippen molar-refractivity contribution in [2.24, 2.45) is 5.92 Å². The van der Waals surface area contributed by atoms with E-state index in [0.29, 0.717) is 0 Å². The Morgan fingerprint density at radius 2 is 2.27 bits per heavy atom. The van der Waals surface area contributed by atoms with Crippen molar-refractivity contribution in [3.05, 3.63) is 18.7 Å². The molecule has 1 heterocycles. The van der Waals surface area contributed by atoms with Gasteiger partial charge in [-0.05, 0) is 13.3 Å². The summed E-state index contributed by atoms with van der Waals surface area (Å²) in [5, 5.41) is 2.98. The molecule has 0 saturated heterocycles. The van der Waals surface area contributed by atoms with Crippen molar-refractivity contribution in [2.75, 3.05) is 0 Å². The molecule has 84 valence electrons. The van der Waals surface area contributed by atoms with Crippen molar-refractivity contribution in [1.82, 2.24) is 14.9 Å². The van der Waals surface area contributed by atoms with E-state index in [1.807, 2.05) is 31.5 Å². The van der Waals surface area contributed by atoms with E-state index in [1.165, 1.54) is 0 Å². The summed E-state index contributed by atoms with van der Waals surface area (Å²) in [5.74, 6) is 0.223. The van der Waals surface area contributed by atoms with Gasteiger partial charge >= 0.3 is 0 Å². The Labute approximate surface area is 90.7 Å². The van der Waals surface area contributed by atoms with Crippen LogP contribution >= 0.6 is 0 Å². The smallest absolute Gasteiger partial charge is 0.223 e. The van der Waals surface area contributed by atoms with Crippen LogP contribution in [0.25, 0.3) is 0 Å². The van der Waals surface area contributed by atoms with Crippen LogP contribution in [0.5, 0.6) is 0 Å². The van der Waals surface area contributed by atoms with Gasteiger partial charge in [0.2, 0.25) is 5.91 Å². The van der Waals surface area contributed by atoms with E-state index >= 15 is 0 Å². The molecule has 0 aliphatic rings. The Bertz CT molecular complexity index is 295. The fraction of sp³-hybridized carbons (Fsp3) is 0.636. The van der Waals surface area contributed by atoms with Gasteiger partial charge in [-0.15, -0.1) is 0 Å². The first-order valence-electron chi connectivity index (χ1n) is 5.39. The molecule has 0 spiro atoms. The van der Waals surface area contributed by atoms with E-state index in [9.17, 15) is 4.79 Å². The maximum absolute atomic E-state index is 11.6. The predicted molar refractivity (Wildman–Crippen MR) is 59.3 cm³/mol. The maximum atomic E-state index is 11.6. The minimum atomic E-state index is 0.0928. The standard InChI is InChI=1S/C11H19N3O/c1-4-9(2)11(15)13-10(3)7-14-6-5-12-8-14/h5-6,8-10H,4,7H2,1-3H3,(H,13,15)/t9-,10+/m0/s1. The second-order valence-electron chi connectivity index (χ2n) is 3.98. The molecule has 1 N–H and O–H groups in total. The summed E-state index contributed by atoms with van der Waals surface area (Å²) in [4.78, 5) is 15.5. The molecule has 0 saturated carbocycles. The number of imidazole rings is 1. The molecule has 0 aliphatic heterocycles. The highest BCUT2D eigenvalue weighted by Gasteiger charge is 2.13. The van der Waals surface area contributed by atoms with Crippen LogP contribution in [0.2, 0.25) is 0 Å². The summed E-state index contributed by atoms with van der Waals surface area (Å²) in [6.07, 6.45) is 6.27. The van der Waals surface area contributed by atoms with E-state index < -0.39 is 0 Å². The van der Waals surface area contributed by atoms with Crippen molar-refractivity contribution in [3.8, 4) is 0 Å². The van der Waals surface area contributed by atoms with Crippen LogP contribution in [0.1, 0.15) is 27.2 Å². The van der Waals surface area contributed by atoms with Gasteiger partial charge in [0.15, 0.2) is 0 Å². The number of nitrogens with zero attached hydrogens (tertiary/aromatic N) is 2. The first-order chi connectivity index (χ1) is 7.13. The molecule has 0 bridgehead atoms. The third-order valence-corrected chi connectivity index (χ3v) is 2.49. The molecule has 2 atom stereocenters. The second-order valence-corrected chi connectivity index (χ2v) is 3.98. The van der Waals surface area contributed by atoms with Crippen LogP contribution in [-0.4, -0.2) is 21.5 Å². The van der Waals surface area contributed by atoms with Crippen LogP contribution in [-0.2, 0) is 11.3 Å². The van der Waals surface area contributed by atoms with Gasteiger partial charge in [0.05, 0.1) is 6.33 Å². The molecule has 0 aromatic carbocycles. The van der Waals surface area contributed by atoms with Gasteiger partial charge in [0.1, 0.15) is 0 Å². The Morgan fingerprint density at radius 1 is 1.53 bits per heavy atom. The molecular formula is C11H19N3O. The van der Waals surface area contributed by atoms with E-state index in [1.54, 1.807) is 12.5 Å². The van der Waals surface area contributed by atoms with Crippen LogP contribution in [0.4, 0.5) is 0 Å². The lowest BCUT2D eigenvalue weighted by molar-refractivity contribution is -0.125. The van der Waals surface area contributed by atoms with E-state index in [-0.39, 0.29) is 17.9 Å². The number of carbonyl (C=O) groups excluding carboxylic acids is 1. The number of nitrogens with one attached hydrogen (secondary N) is 1. The molecular weight excluding hydrogens is 190 g/mol. The van der Waals surface area contributed by atoms with Crippen molar-refractivity contribution in [1.29, 1.82) is 0 Å². The van der Waals surface area contributed by atoms with E-state index in [2.05, 4.69) is 10.3 Å². The van der Waals surface area contributed by atoms with Crippen molar-refractivity contribution >= 4 is 5.91 Å². The molecule has 1 aromatic heterocycles. The number of rotatable bonds is 5. The summed E-state index contributed by atoms with van der Waals surface area (Å²) in [6, 6.07) is 0.140. The average Bonchev–Trinajstić information content (AvgIpc) is 2.68. The lowest BCUT2D eigenvalue weighted by Crippen LogP contribution is -2.38. The highest BCUT2D eigenvalue weighted by atomic mass is 16.1. The van der Waals surface area contributed by atoms with Crippen molar-refractivity contribution in [3.63, 3.8) is 0 Å². The Morgan fingerprint density at radius 3 is 2.80 bits per heavy atom. The zero-order valence-corrected chi connectivity index (χ0v) is 9.60. The van der Waals surface area contributed by atoms with E-state index in [4.69, 9.17) is 0 Å². The molecule has 4 nitrogen and oxygen atoms in total. The summed E-state index contributed by atoms with van der Waals surface area (Å²) in [5.41, 5.74) is 0. The quantitative estimate of drug-likeness (QED) is 0.797. The monoisotopic (exact) mass is 209 g/mol. The fourth-order valence-corrected chi connectivity index (χ4v) is 1.33. The van der Waals surface area contributed by atoms with Crippen LogP contribution in [0.15, 0.2) is 18.7 Å². The van der Waals surface area contributed by atoms with Crippen molar-refractivity contribution in [2.45, 2.75) is 39.8 Å². The van der Waals surface area contributed by atoms with Gasteiger partial charge in [-0.2, -0.15) is 0 Å². The molecule has 1 amide bonds. The normalized spacial score (nSPS) is 14.6. The van der Waals surface area contributed by atoms with Gasteiger partial charge in [0.25, 0.3) is 0 Å². The lowest BCUT2D eigenvalue weighted by atomic mass is 10.1. The molecule has 4 heteroatoms. The zero-order chi connectivity index (χ0) is 11.3. The molecule has 0 radical (unpaired) electrons. The first-order valence-corrected chi connectivity index (χ1v) is 5.39. The zero-order valence-electron chi connectivity index (χ0n) is 9.60. The molecule has 0 fully saturated rings. The maximum Gasteiger partial charge on any atom is 0.223 e. The van der Waals surface area contributed by atoms with Crippen LogP contribution in [0.3, 0.4) is 0 Å². The predicted octanol–water partition coefficient (Wildman–Crippen LogP) is 1.43. The SMILES string of the molecule is CC[C@H](C)C(=O)N[C@H](C)Cn1ccnc1. The number of hydrogen-bond donors (Lipinski definition) is 1. The van der Waals surface area contributed by atoms with Gasteiger partial charge in [-0.1, -0.05) is 13.8 Å². The Kier molecular flexibility index (Phi) is 4.34. The molecule has 15 heavy (non-hydrogen) atoms. The van der Waals surface area contributed by atoms with E-state index in [0.717, 1.165) is 13.0 Å². The van der Waals surface area contributed by atoms with Crippen LogP contribution in [0, 0.1) is 5.92 Å². The molecule has 0 unspecified atom stereocenters.